The quantitative estimate of drug-likeness (QED) is 0.791. The molecule has 3 heteroatoms. The van der Waals surface area contributed by atoms with Gasteiger partial charge in [0.05, 0.1) is 12.7 Å². The maximum absolute atomic E-state index is 5.75. The molecule has 0 radical (unpaired) electrons. The second-order valence-electron chi connectivity index (χ2n) is 5.35. The average molecular weight is 226 g/mol. The van der Waals surface area contributed by atoms with E-state index in [0.29, 0.717) is 6.10 Å². The van der Waals surface area contributed by atoms with Crippen LogP contribution < -0.4 is 5.32 Å². The Hall–Kier alpha value is -0.120. The van der Waals surface area contributed by atoms with Crippen LogP contribution in [0.2, 0.25) is 0 Å². The third kappa shape index (κ3) is 3.19. The molecule has 94 valence electrons. The normalized spacial score (nSPS) is 37.5. The van der Waals surface area contributed by atoms with Crippen LogP contribution in [0.15, 0.2) is 0 Å². The lowest BCUT2D eigenvalue weighted by Gasteiger charge is -2.40. The van der Waals surface area contributed by atoms with Gasteiger partial charge in [0.2, 0.25) is 0 Å². The van der Waals surface area contributed by atoms with Gasteiger partial charge in [0.1, 0.15) is 0 Å². The summed E-state index contributed by atoms with van der Waals surface area (Å²) in [6, 6.07) is 1.53. The molecule has 0 amide bonds. The molecule has 3 nitrogen and oxygen atoms in total. The Morgan fingerprint density at radius 1 is 1.25 bits per heavy atom. The van der Waals surface area contributed by atoms with E-state index in [1.807, 2.05) is 0 Å². The zero-order valence-corrected chi connectivity index (χ0v) is 10.7. The number of nitrogens with zero attached hydrogens (tertiary/aromatic N) is 1. The Kier molecular flexibility index (Phi) is 4.62. The fourth-order valence-electron chi connectivity index (χ4n) is 3.01. The summed E-state index contributed by atoms with van der Waals surface area (Å²) in [4.78, 5) is 2.67. The van der Waals surface area contributed by atoms with Crippen LogP contribution in [-0.4, -0.2) is 49.3 Å². The Morgan fingerprint density at radius 3 is 2.62 bits per heavy atom. The van der Waals surface area contributed by atoms with Crippen molar-refractivity contribution in [3.63, 3.8) is 0 Å². The van der Waals surface area contributed by atoms with Gasteiger partial charge in [-0.3, -0.25) is 4.90 Å². The molecule has 2 aliphatic heterocycles. The van der Waals surface area contributed by atoms with Crippen molar-refractivity contribution < 1.29 is 4.74 Å². The first-order valence-electron chi connectivity index (χ1n) is 6.85. The number of nitrogens with one attached hydrogen (secondary N) is 1. The number of hydrogen-bond donors (Lipinski definition) is 1. The van der Waals surface area contributed by atoms with E-state index in [0.717, 1.165) is 31.8 Å². The first-order chi connectivity index (χ1) is 7.77. The summed E-state index contributed by atoms with van der Waals surface area (Å²) in [6.45, 7) is 8.89. The highest BCUT2D eigenvalue weighted by molar-refractivity contribution is 4.80. The van der Waals surface area contributed by atoms with Crippen molar-refractivity contribution >= 4 is 0 Å². The molecule has 0 aromatic carbocycles. The molecule has 1 N–H and O–H groups in total. The summed E-state index contributed by atoms with van der Waals surface area (Å²) in [5.74, 6) is 0. The van der Waals surface area contributed by atoms with Crippen LogP contribution in [0.3, 0.4) is 0 Å². The van der Waals surface area contributed by atoms with E-state index in [2.05, 4.69) is 24.1 Å². The minimum atomic E-state index is 0.440. The number of hydrogen-bond acceptors (Lipinski definition) is 3. The lowest BCUT2D eigenvalue weighted by Crippen LogP contribution is -2.46. The molecule has 3 atom stereocenters. The molecular formula is C13H26N2O. The monoisotopic (exact) mass is 226 g/mol. The minimum absolute atomic E-state index is 0.440. The van der Waals surface area contributed by atoms with Crippen LogP contribution in [-0.2, 0) is 4.74 Å². The highest BCUT2D eigenvalue weighted by Gasteiger charge is 2.25. The maximum atomic E-state index is 5.75. The van der Waals surface area contributed by atoms with E-state index in [1.54, 1.807) is 0 Å². The van der Waals surface area contributed by atoms with E-state index >= 15 is 0 Å². The van der Waals surface area contributed by atoms with Gasteiger partial charge >= 0.3 is 0 Å². The molecule has 2 heterocycles. The van der Waals surface area contributed by atoms with Gasteiger partial charge in [-0.1, -0.05) is 6.42 Å². The Balaban J connectivity index is 1.74. The average Bonchev–Trinajstić information content (AvgIpc) is 2.30. The number of rotatable bonds is 3. The molecule has 0 spiro atoms. The molecule has 0 bridgehead atoms. The van der Waals surface area contributed by atoms with Crippen molar-refractivity contribution in [3.8, 4) is 0 Å². The van der Waals surface area contributed by atoms with Crippen molar-refractivity contribution in [2.24, 2.45) is 0 Å². The molecule has 2 saturated heterocycles. The molecule has 1 unspecified atom stereocenters. The van der Waals surface area contributed by atoms with Crippen molar-refractivity contribution in [3.05, 3.63) is 0 Å². The van der Waals surface area contributed by atoms with Gasteiger partial charge < -0.3 is 10.1 Å². The summed E-state index contributed by atoms with van der Waals surface area (Å²) in [6.07, 6.45) is 5.76. The maximum Gasteiger partial charge on any atom is 0.0712 e. The van der Waals surface area contributed by atoms with Gasteiger partial charge in [-0.15, -0.1) is 0 Å². The highest BCUT2D eigenvalue weighted by Crippen LogP contribution is 2.22. The number of piperidine rings is 1. The summed E-state index contributed by atoms with van der Waals surface area (Å²) < 4.78 is 5.75. The Labute approximate surface area is 99.5 Å². The predicted octanol–water partition coefficient (Wildman–Crippen LogP) is 1.63. The van der Waals surface area contributed by atoms with Crippen molar-refractivity contribution in [1.29, 1.82) is 0 Å². The molecule has 0 aromatic rings. The van der Waals surface area contributed by atoms with Crippen LogP contribution in [0.25, 0.3) is 0 Å². The predicted molar refractivity (Wildman–Crippen MR) is 66.7 cm³/mol. The minimum Gasteiger partial charge on any atom is -0.376 e. The SMILES string of the molecule is C[C@@H]1CCC[C@H](C)N1CCC1CNCCO1. The number of ether oxygens (including phenoxy) is 1. The molecule has 0 aliphatic carbocycles. The third-order valence-corrected chi connectivity index (χ3v) is 4.09. The fourth-order valence-corrected chi connectivity index (χ4v) is 3.01. The second kappa shape index (κ2) is 5.99. The van der Waals surface area contributed by atoms with Crippen molar-refractivity contribution in [2.45, 2.75) is 57.7 Å². The van der Waals surface area contributed by atoms with Crippen molar-refractivity contribution in [2.75, 3.05) is 26.2 Å². The molecular weight excluding hydrogens is 200 g/mol. The molecule has 16 heavy (non-hydrogen) atoms. The summed E-state index contributed by atoms with van der Waals surface area (Å²) >= 11 is 0. The van der Waals surface area contributed by atoms with Gasteiger partial charge in [-0.05, 0) is 33.1 Å². The van der Waals surface area contributed by atoms with Crippen LogP contribution in [0.4, 0.5) is 0 Å². The van der Waals surface area contributed by atoms with E-state index in [4.69, 9.17) is 4.74 Å². The second-order valence-corrected chi connectivity index (χ2v) is 5.35. The van der Waals surface area contributed by atoms with E-state index < -0.39 is 0 Å². The third-order valence-electron chi connectivity index (χ3n) is 4.09. The van der Waals surface area contributed by atoms with Crippen molar-refractivity contribution in [1.82, 2.24) is 10.2 Å². The van der Waals surface area contributed by atoms with E-state index in [-0.39, 0.29) is 0 Å². The van der Waals surface area contributed by atoms with E-state index in [1.165, 1.54) is 32.2 Å². The molecule has 2 fully saturated rings. The van der Waals surface area contributed by atoms with Gasteiger partial charge in [0, 0.05) is 31.7 Å². The highest BCUT2D eigenvalue weighted by atomic mass is 16.5. The van der Waals surface area contributed by atoms with Crippen LogP contribution >= 0.6 is 0 Å². The number of morpholine rings is 1. The van der Waals surface area contributed by atoms with Gasteiger partial charge in [0.25, 0.3) is 0 Å². The molecule has 2 rings (SSSR count). The summed E-state index contributed by atoms with van der Waals surface area (Å²) in [5, 5.41) is 3.40. The van der Waals surface area contributed by atoms with Gasteiger partial charge in [-0.25, -0.2) is 0 Å². The zero-order chi connectivity index (χ0) is 11.4. The van der Waals surface area contributed by atoms with Gasteiger partial charge in [0.15, 0.2) is 0 Å². The first-order valence-corrected chi connectivity index (χ1v) is 6.85. The van der Waals surface area contributed by atoms with Crippen LogP contribution in [0, 0.1) is 0 Å². The molecule has 2 aliphatic rings. The Morgan fingerprint density at radius 2 is 2.00 bits per heavy atom. The molecule has 0 aromatic heterocycles. The Bertz CT molecular complexity index is 194. The van der Waals surface area contributed by atoms with Crippen LogP contribution in [0.5, 0.6) is 0 Å². The smallest absolute Gasteiger partial charge is 0.0712 e. The zero-order valence-electron chi connectivity index (χ0n) is 10.7. The summed E-state index contributed by atoms with van der Waals surface area (Å²) in [5.41, 5.74) is 0. The lowest BCUT2D eigenvalue weighted by atomic mass is 9.97. The van der Waals surface area contributed by atoms with Crippen LogP contribution in [0.1, 0.15) is 39.5 Å². The first kappa shape index (κ1) is 12.3. The lowest BCUT2D eigenvalue weighted by molar-refractivity contribution is 0.00672. The van der Waals surface area contributed by atoms with E-state index in [9.17, 15) is 0 Å². The summed E-state index contributed by atoms with van der Waals surface area (Å²) in [7, 11) is 0. The largest absolute Gasteiger partial charge is 0.376 e. The molecule has 0 saturated carbocycles. The fraction of sp³-hybridized carbons (Fsp3) is 1.00. The standard InChI is InChI=1S/C13H26N2O/c1-11-4-3-5-12(2)15(11)8-6-13-10-14-7-9-16-13/h11-14H,3-10H2,1-2H3/t11-,12+,13?. The topological polar surface area (TPSA) is 24.5 Å². The van der Waals surface area contributed by atoms with Gasteiger partial charge in [-0.2, -0.15) is 0 Å². The number of likely N-dealkylation sites (tertiary alicyclic amines) is 1.